The summed E-state index contributed by atoms with van der Waals surface area (Å²) >= 11 is 7.57. The molecule has 3 heterocycles. The summed E-state index contributed by atoms with van der Waals surface area (Å²) in [6, 6.07) is 9.46. The molecule has 0 unspecified atom stereocenters. The number of amides is 1. The summed E-state index contributed by atoms with van der Waals surface area (Å²) in [6.07, 6.45) is 2.29. The fourth-order valence-corrected chi connectivity index (χ4v) is 3.61. The van der Waals surface area contributed by atoms with E-state index < -0.39 is 0 Å². The zero-order valence-corrected chi connectivity index (χ0v) is 13.1. The van der Waals surface area contributed by atoms with Crippen LogP contribution in [0.5, 0.6) is 0 Å². The number of nitrogens with one attached hydrogen (secondary N) is 1. The van der Waals surface area contributed by atoms with Gasteiger partial charge < -0.3 is 5.32 Å². The largest absolute Gasteiger partial charge is 0.310 e. The Balaban J connectivity index is 1.82. The third-order valence-corrected chi connectivity index (χ3v) is 4.79. The van der Waals surface area contributed by atoms with E-state index in [4.69, 9.17) is 11.6 Å². The molecule has 0 bridgehead atoms. The van der Waals surface area contributed by atoms with Crippen LogP contribution in [-0.4, -0.2) is 15.7 Å². The van der Waals surface area contributed by atoms with Crippen LogP contribution in [0.3, 0.4) is 0 Å². The molecule has 4 rings (SSSR count). The topological polar surface area (TPSA) is 46.9 Å². The molecule has 22 heavy (non-hydrogen) atoms. The molecular weight excluding hydrogens is 318 g/mol. The Kier molecular flexibility index (Phi) is 3.24. The van der Waals surface area contributed by atoms with Gasteiger partial charge in [-0.05, 0) is 46.7 Å². The van der Waals surface area contributed by atoms with E-state index in [-0.39, 0.29) is 11.8 Å². The SMILES string of the molecule is O=C1C[C@H](c2ccsc2)c2cnn(-c3ccc(Cl)cc3)c2N1. The van der Waals surface area contributed by atoms with Gasteiger partial charge in [-0.3, -0.25) is 4.79 Å². The number of rotatable bonds is 2. The van der Waals surface area contributed by atoms with Gasteiger partial charge in [-0.25, -0.2) is 4.68 Å². The van der Waals surface area contributed by atoms with Crippen LogP contribution in [0.15, 0.2) is 47.3 Å². The number of thiophene rings is 1. The maximum Gasteiger partial charge on any atom is 0.226 e. The molecule has 6 heteroatoms. The van der Waals surface area contributed by atoms with Crippen LogP contribution in [0, 0.1) is 0 Å². The molecule has 3 aromatic rings. The number of halogens is 1. The van der Waals surface area contributed by atoms with Gasteiger partial charge in [0.25, 0.3) is 0 Å². The Morgan fingerprint density at radius 2 is 2.09 bits per heavy atom. The lowest BCUT2D eigenvalue weighted by Crippen LogP contribution is -2.24. The molecule has 2 aromatic heterocycles. The van der Waals surface area contributed by atoms with Crippen molar-refractivity contribution in [3.05, 3.63) is 63.4 Å². The number of fused-ring (bicyclic) bond motifs is 1. The van der Waals surface area contributed by atoms with Crippen LogP contribution in [0.25, 0.3) is 5.69 Å². The maximum atomic E-state index is 12.1. The average Bonchev–Trinajstić information content (AvgIpc) is 3.16. The summed E-state index contributed by atoms with van der Waals surface area (Å²) in [5, 5.41) is 12.2. The molecule has 1 atom stereocenters. The average molecular weight is 330 g/mol. The van der Waals surface area contributed by atoms with Crippen LogP contribution >= 0.6 is 22.9 Å². The predicted octanol–water partition coefficient (Wildman–Crippen LogP) is 4.06. The van der Waals surface area contributed by atoms with E-state index in [2.05, 4.69) is 21.9 Å². The van der Waals surface area contributed by atoms with Gasteiger partial charge in [0, 0.05) is 22.9 Å². The zero-order valence-electron chi connectivity index (χ0n) is 11.5. The van der Waals surface area contributed by atoms with Gasteiger partial charge in [-0.1, -0.05) is 11.6 Å². The van der Waals surface area contributed by atoms with E-state index in [0.717, 1.165) is 22.6 Å². The van der Waals surface area contributed by atoms with E-state index in [9.17, 15) is 4.79 Å². The first-order valence-corrected chi connectivity index (χ1v) is 8.20. The maximum absolute atomic E-state index is 12.1. The van der Waals surface area contributed by atoms with Crippen LogP contribution < -0.4 is 5.32 Å². The number of aromatic nitrogens is 2. The molecule has 1 N–H and O–H groups in total. The van der Waals surface area contributed by atoms with Crippen LogP contribution in [0.4, 0.5) is 5.82 Å². The van der Waals surface area contributed by atoms with Crippen molar-refractivity contribution in [1.82, 2.24) is 9.78 Å². The second-order valence-corrected chi connectivity index (χ2v) is 6.41. The number of hydrogen-bond donors (Lipinski definition) is 1. The minimum Gasteiger partial charge on any atom is -0.310 e. The van der Waals surface area contributed by atoms with E-state index in [1.807, 2.05) is 35.8 Å². The molecule has 0 aliphatic carbocycles. The predicted molar refractivity (Wildman–Crippen MR) is 88.0 cm³/mol. The van der Waals surface area contributed by atoms with Crippen LogP contribution in [0.1, 0.15) is 23.5 Å². The summed E-state index contributed by atoms with van der Waals surface area (Å²) in [5.41, 5.74) is 3.08. The smallest absolute Gasteiger partial charge is 0.226 e. The van der Waals surface area contributed by atoms with E-state index in [0.29, 0.717) is 11.4 Å². The number of carbonyl (C=O) groups is 1. The Labute approximate surface area is 136 Å². The van der Waals surface area contributed by atoms with Gasteiger partial charge in [0.15, 0.2) is 0 Å². The third-order valence-electron chi connectivity index (χ3n) is 3.84. The van der Waals surface area contributed by atoms with E-state index in [1.54, 1.807) is 16.0 Å². The van der Waals surface area contributed by atoms with Gasteiger partial charge >= 0.3 is 0 Å². The summed E-state index contributed by atoms with van der Waals surface area (Å²) in [7, 11) is 0. The molecule has 110 valence electrons. The summed E-state index contributed by atoms with van der Waals surface area (Å²) in [6.45, 7) is 0. The van der Waals surface area contributed by atoms with Crippen molar-refractivity contribution in [2.45, 2.75) is 12.3 Å². The highest BCUT2D eigenvalue weighted by molar-refractivity contribution is 7.08. The Hall–Kier alpha value is -2.11. The van der Waals surface area contributed by atoms with Gasteiger partial charge in [0.2, 0.25) is 5.91 Å². The summed E-state index contributed by atoms with van der Waals surface area (Å²) in [4.78, 5) is 12.1. The first-order valence-electron chi connectivity index (χ1n) is 6.88. The molecule has 1 aromatic carbocycles. The van der Waals surface area contributed by atoms with Gasteiger partial charge in [-0.2, -0.15) is 16.4 Å². The molecule has 0 spiro atoms. The van der Waals surface area contributed by atoms with E-state index in [1.165, 1.54) is 0 Å². The first kappa shape index (κ1) is 13.5. The third kappa shape index (κ3) is 2.23. The van der Waals surface area contributed by atoms with Crippen molar-refractivity contribution >= 4 is 34.7 Å². The lowest BCUT2D eigenvalue weighted by Gasteiger charge is -2.22. The molecule has 1 aliphatic rings. The van der Waals surface area contributed by atoms with Crippen molar-refractivity contribution in [3.63, 3.8) is 0 Å². The monoisotopic (exact) mass is 329 g/mol. The van der Waals surface area contributed by atoms with Crippen molar-refractivity contribution in [2.75, 3.05) is 5.32 Å². The zero-order chi connectivity index (χ0) is 15.1. The van der Waals surface area contributed by atoms with Crippen molar-refractivity contribution in [3.8, 4) is 5.69 Å². The van der Waals surface area contributed by atoms with Gasteiger partial charge in [0.05, 0.1) is 11.9 Å². The quantitative estimate of drug-likeness (QED) is 0.770. The Morgan fingerprint density at radius 1 is 1.27 bits per heavy atom. The second-order valence-electron chi connectivity index (χ2n) is 5.20. The van der Waals surface area contributed by atoms with Gasteiger partial charge in [-0.15, -0.1) is 0 Å². The highest BCUT2D eigenvalue weighted by Gasteiger charge is 2.30. The van der Waals surface area contributed by atoms with Gasteiger partial charge in [0.1, 0.15) is 5.82 Å². The molecule has 1 aliphatic heterocycles. The molecular formula is C16H12ClN3OS. The highest BCUT2D eigenvalue weighted by Crippen LogP contribution is 2.38. The fraction of sp³-hybridized carbons (Fsp3) is 0.125. The second kappa shape index (κ2) is 5.26. The number of carbonyl (C=O) groups excluding carboxylic acids is 1. The van der Waals surface area contributed by atoms with Crippen LogP contribution in [0.2, 0.25) is 5.02 Å². The molecule has 0 fully saturated rings. The molecule has 4 nitrogen and oxygen atoms in total. The number of benzene rings is 1. The first-order chi connectivity index (χ1) is 10.7. The minimum absolute atomic E-state index is 0.0133. The van der Waals surface area contributed by atoms with E-state index >= 15 is 0 Å². The Morgan fingerprint density at radius 3 is 2.82 bits per heavy atom. The molecule has 1 amide bonds. The summed E-state index contributed by atoms with van der Waals surface area (Å²) < 4.78 is 1.75. The Bertz CT molecular complexity index is 824. The fourth-order valence-electron chi connectivity index (χ4n) is 2.77. The lowest BCUT2D eigenvalue weighted by molar-refractivity contribution is -0.116. The highest BCUT2D eigenvalue weighted by atomic mass is 35.5. The molecule has 0 saturated carbocycles. The number of anilines is 1. The number of hydrogen-bond acceptors (Lipinski definition) is 3. The lowest BCUT2D eigenvalue weighted by atomic mass is 9.89. The molecule has 0 radical (unpaired) electrons. The minimum atomic E-state index is 0.0133. The number of nitrogens with zero attached hydrogens (tertiary/aromatic N) is 2. The normalized spacial score (nSPS) is 17.1. The molecule has 0 saturated heterocycles. The summed E-state index contributed by atoms with van der Waals surface area (Å²) in [5.74, 6) is 0.824. The van der Waals surface area contributed by atoms with Crippen LogP contribution in [-0.2, 0) is 4.79 Å². The standard InChI is InChI=1S/C16H12ClN3OS/c17-11-1-3-12(4-2-11)20-16-14(8-18-20)13(7-15(21)19-16)10-5-6-22-9-10/h1-6,8-9,13H,7H2,(H,19,21)/t13-/m1/s1. The van der Waals surface area contributed by atoms with Crippen molar-refractivity contribution < 1.29 is 4.79 Å². The van der Waals surface area contributed by atoms with Crippen molar-refractivity contribution in [1.29, 1.82) is 0 Å². The van der Waals surface area contributed by atoms with Crippen molar-refractivity contribution in [2.24, 2.45) is 0 Å².